The highest BCUT2D eigenvalue weighted by Gasteiger charge is 2.60. The third kappa shape index (κ3) is 3.34. The fourth-order valence-electron chi connectivity index (χ4n) is 5.65. The van der Waals surface area contributed by atoms with Gasteiger partial charge in [0, 0.05) is 12.1 Å². The van der Waals surface area contributed by atoms with Crippen molar-refractivity contribution < 1.29 is 28.7 Å². The summed E-state index contributed by atoms with van der Waals surface area (Å²) in [6.45, 7) is -0.615. The van der Waals surface area contributed by atoms with Crippen molar-refractivity contribution in [3.63, 3.8) is 0 Å². The number of rotatable bonds is 5. The van der Waals surface area contributed by atoms with Crippen molar-refractivity contribution in [2.24, 2.45) is 17.3 Å². The Kier molecular flexibility index (Phi) is 4.37. The zero-order chi connectivity index (χ0) is 20.1. The number of hydrogen-bond donors (Lipinski definition) is 2. The summed E-state index contributed by atoms with van der Waals surface area (Å²) in [7, 11) is 0. The second-order valence-electron chi connectivity index (χ2n) is 8.51. The third-order valence-electron chi connectivity index (χ3n) is 6.23. The lowest BCUT2D eigenvalue weighted by molar-refractivity contribution is -0.384. The van der Waals surface area contributed by atoms with Gasteiger partial charge in [-0.05, 0) is 56.4 Å². The standard InChI is InChI=1S/C19H21FN2O6/c20-14-2-1-13(22(26)27)4-15(14)21-16(23)9-28-17(24)18-5-11-3-12(6-18)8-19(25,7-11)10-18/h1-2,4,11-12,25H,3,5-10H2,(H,21,23)/t11-,12+,18?,19?. The van der Waals surface area contributed by atoms with Gasteiger partial charge in [-0.3, -0.25) is 19.7 Å². The first kappa shape index (κ1) is 18.8. The number of nitro groups is 1. The van der Waals surface area contributed by atoms with E-state index >= 15 is 0 Å². The summed E-state index contributed by atoms with van der Waals surface area (Å²) in [5, 5.41) is 23.7. The summed E-state index contributed by atoms with van der Waals surface area (Å²) in [4.78, 5) is 34.9. The zero-order valence-electron chi connectivity index (χ0n) is 15.2. The number of nitro benzene ring substituents is 1. The first-order chi connectivity index (χ1) is 13.2. The number of anilines is 1. The number of amides is 1. The number of non-ortho nitro benzene ring substituents is 1. The van der Waals surface area contributed by atoms with Crippen molar-refractivity contribution in [1.82, 2.24) is 0 Å². The topological polar surface area (TPSA) is 119 Å². The monoisotopic (exact) mass is 392 g/mol. The van der Waals surface area contributed by atoms with Gasteiger partial charge in [-0.1, -0.05) is 0 Å². The number of carbonyl (C=O) groups is 2. The molecule has 150 valence electrons. The Hall–Kier alpha value is -2.55. The Morgan fingerprint density at radius 2 is 1.96 bits per heavy atom. The van der Waals surface area contributed by atoms with E-state index in [0.29, 0.717) is 43.9 Å². The largest absolute Gasteiger partial charge is 0.455 e. The summed E-state index contributed by atoms with van der Waals surface area (Å²) in [6.07, 6.45) is 4.12. The fraction of sp³-hybridized carbons (Fsp3) is 0.579. The predicted molar refractivity (Wildman–Crippen MR) is 94.7 cm³/mol. The van der Waals surface area contributed by atoms with Crippen LogP contribution in [0.2, 0.25) is 0 Å². The normalized spacial score (nSPS) is 32.8. The lowest BCUT2D eigenvalue weighted by Gasteiger charge is -2.58. The Labute approximate surface area is 160 Å². The molecule has 4 aliphatic rings. The lowest BCUT2D eigenvalue weighted by Crippen LogP contribution is -2.58. The van der Waals surface area contributed by atoms with Crippen LogP contribution in [-0.2, 0) is 14.3 Å². The molecule has 2 N–H and O–H groups in total. The van der Waals surface area contributed by atoms with E-state index in [1.807, 2.05) is 0 Å². The van der Waals surface area contributed by atoms with Crippen LogP contribution in [0.5, 0.6) is 0 Å². The summed E-state index contributed by atoms with van der Waals surface area (Å²) >= 11 is 0. The second kappa shape index (κ2) is 6.51. The molecule has 1 aromatic carbocycles. The molecule has 0 saturated heterocycles. The van der Waals surface area contributed by atoms with E-state index in [1.54, 1.807) is 0 Å². The molecule has 2 unspecified atom stereocenters. The highest BCUT2D eigenvalue weighted by Crippen LogP contribution is 2.61. The SMILES string of the molecule is O=C(COC(=O)C12C[C@@H]3C[C@@H](CC(O)(C3)C1)C2)Nc1cc([N+](=O)[O-])ccc1F. The molecular formula is C19H21FN2O6. The van der Waals surface area contributed by atoms with Gasteiger partial charge in [0.2, 0.25) is 0 Å². The van der Waals surface area contributed by atoms with Gasteiger partial charge >= 0.3 is 5.97 Å². The molecule has 1 amide bonds. The first-order valence-electron chi connectivity index (χ1n) is 9.31. The number of nitrogens with one attached hydrogen (secondary N) is 1. The number of aliphatic hydroxyl groups is 1. The lowest BCUT2D eigenvalue weighted by atomic mass is 9.48. The molecule has 28 heavy (non-hydrogen) atoms. The molecule has 0 radical (unpaired) electrons. The average molecular weight is 392 g/mol. The van der Waals surface area contributed by atoms with Crippen LogP contribution in [0.1, 0.15) is 38.5 Å². The van der Waals surface area contributed by atoms with Gasteiger partial charge in [0.05, 0.1) is 21.6 Å². The maximum atomic E-state index is 13.8. The number of hydrogen-bond acceptors (Lipinski definition) is 6. The van der Waals surface area contributed by atoms with Crippen LogP contribution in [0, 0.1) is 33.2 Å². The van der Waals surface area contributed by atoms with Gasteiger partial charge in [0.25, 0.3) is 11.6 Å². The molecule has 4 aliphatic carbocycles. The molecule has 0 spiro atoms. The Balaban J connectivity index is 1.38. The molecule has 4 fully saturated rings. The van der Waals surface area contributed by atoms with Gasteiger partial charge in [-0.2, -0.15) is 0 Å². The van der Waals surface area contributed by atoms with Gasteiger partial charge in [-0.15, -0.1) is 0 Å². The number of esters is 1. The van der Waals surface area contributed by atoms with Crippen LogP contribution in [0.25, 0.3) is 0 Å². The van der Waals surface area contributed by atoms with Crippen LogP contribution in [0.4, 0.5) is 15.8 Å². The molecule has 4 atom stereocenters. The minimum atomic E-state index is -0.825. The number of ether oxygens (including phenoxy) is 1. The maximum Gasteiger partial charge on any atom is 0.312 e. The van der Waals surface area contributed by atoms with E-state index in [1.165, 1.54) is 0 Å². The quantitative estimate of drug-likeness (QED) is 0.452. The third-order valence-corrected chi connectivity index (χ3v) is 6.23. The van der Waals surface area contributed by atoms with Crippen molar-refractivity contribution in [1.29, 1.82) is 0 Å². The van der Waals surface area contributed by atoms with Crippen molar-refractivity contribution in [3.05, 3.63) is 34.1 Å². The van der Waals surface area contributed by atoms with E-state index in [4.69, 9.17) is 4.74 Å². The summed E-state index contributed by atoms with van der Waals surface area (Å²) < 4.78 is 19.0. The van der Waals surface area contributed by atoms with Crippen molar-refractivity contribution in [2.45, 2.75) is 44.1 Å². The number of carbonyl (C=O) groups excluding carboxylic acids is 2. The highest BCUT2D eigenvalue weighted by atomic mass is 19.1. The highest BCUT2D eigenvalue weighted by molar-refractivity contribution is 5.93. The summed E-state index contributed by atoms with van der Waals surface area (Å²) in [6, 6.07) is 2.78. The first-order valence-corrected chi connectivity index (χ1v) is 9.31. The van der Waals surface area contributed by atoms with E-state index in [-0.39, 0.29) is 11.4 Å². The summed E-state index contributed by atoms with van der Waals surface area (Å²) in [5.41, 5.74) is -2.29. The minimum Gasteiger partial charge on any atom is -0.455 e. The van der Waals surface area contributed by atoms with Crippen molar-refractivity contribution >= 4 is 23.3 Å². The van der Waals surface area contributed by atoms with Gasteiger partial charge < -0.3 is 15.2 Å². The Morgan fingerprint density at radius 3 is 2.57 bits per heavy atom. The molecule has 0 aliphatic heterocycles. The fourth-order valence-corrected chi connectivity index (χ4v) is 5.65. The van der Waals surface area contributed by atoms with Gasteiger partial charge in [-0.25, -0.2) is 4.39 Å². The Bertz CT molecular complexity index is 843. The number of halogens is 1. The number of benzene rings is 1. The molecule has 4 saturated carbocycles. The van der Waals surface area contributed by atoms with Crippen LogP contribution in [-0.4, -0.2) is 34.1 Å². The molecule has 8 nitrogen and oxygen atoms in total. The predicted octanol–water partition coefficient (Wildman–Crippen LogP) is 2.55. The minimum absolute atomic E-state index is 0.298. The maximum absolute atomic E-state index is 13.8. The second-order valence-corrected chi connectivity index (χ2v) is 8.51. The van der Waals surface area contributed by atoms with Gasteiger partial charge in [0.1, 0.15) is 5.82 Å². The Morgan fingerprint density at radius 1 is 1.29 bits per heavy atom. The van der Waals surface area contributed by atoms with E-state index in [0.717, 1.165) is 24.6 Å². The smallest absolute Gasteiger partial charge is 0.312 e. The van der Waals surface area contributed by atoms with Crippen LogP contribution in [0.3, 0.4) is 0 Å². The molecule has 0 heterocycles. The molecule has 0 aromatic heterocycles. The van der Waals surface area contributed by atoms with Crippen LogP contribution in [0.15, 0.2) is 18.2 Å². The van der Waals surface area contributed by atoms with Gasteiger partial charge in [0.15, 0.2) is 6.61 Å². The number of nitrogens with zero attached hydrogens (tertiary/aromatic N) is 1. The van der Waals surface area contributed by atoms with Crippen molar-refractivity contribution in [2.75, 3.05) is 11.9 Å². The van der Waals surface area contributed by atoms with Crippen molar-refractivity contribution in [3.8, 4) is 0 Å². The van der Waals surface area contributed by atoms with Crippen LogP contribution < -0.4 is 5.32 Å². The molecule has 4 bridgehead atoms. The molecule has 5 rings (SSSR count). The molecule has 9 heteroatoms. The van der Waals surface area contributed by atoms with E-state index in [2.05, 4.69) is 5.32 Å². The molecule has 1 aromatic rings. The van der Waals surface area contributed by atoms with Crippen LogP contribution >= 0.6 is 0 Å². The van der Waals surface area contributed by atoms with E-state index in [9.17, 15) is 29.2 Å². The molecular weight excluding hydrogens is 371 g/mol. The zero-order valence-corrected chi connectivity index (χ0v) is 15.2. The summed E-state index contributed by atoms with van der Waals surface area (Å²) in [5.74, 6) is -1.52. The average Bonchev–Trinajstić information content (AvgIpc) is 2.59. The van der Waals surface area contributed by atoms with E-state index < -0.39 is 40.2 Å².